The highest BCUT2D eigenvalue weighted by Crippen LogP contribution is 2.37. The van der Waals surface area contributed by atoms with E-state index in [1.54, 1.807) is 12.1 Å². The first-order valence-corrected chi connectivity index (χ1v) is 7.89. The molecule has 0 aliphatic carbocycles. The van der Waals surface area contributed by atoms with E-state index >= 15 is 0 Å². The summed E-state index contributed by atoms with van der Waals surface area (Å²) in [4.78, 5) is 0. The molecule has 0 N–H and O–H groups in total. The van der Waals surface area contributed by atoms with Gasteiger partial charge in [-0.15, -0.1) is 0 Å². The molecule has 1 atom stereocenters. The molecule has 0 radical (unpaired) electrons. The zero-order valence-electron chi connectivity index (χ0n) is 11.3. The Hall–Kier alpha value is -1.11. The summed E-state index contributed by atoms with van der Waals surface area (Å²) in [5.74, 6) is -0.367. The minimum atomic E-state index is -3.55. The van der Waals surface area contributed by atoms with E-state index in [0.29, 0.717) is 18.8 Å². The molecule has 1 aliphatic rings. The Balaban J connectivity index is 2.29. The van der Waals surface area contributed by atoms with Crippen LogP contribution in [0, 0.1) is 0 Å². The molecule has 6 heteroatoms. The molecule has 1 aromatic carbocycles. The maximum atomic E-state index is 11.3. The summed E-state index contributed by atoms with van der Waals surface area (Å²) in [6, 6.07) is 7.00. The fourth-order valence-electron chi connectivity index (χ4n) is 2.05. The molecule has 19 heavy (non-hydrogen) atoms. The molecule has 1 aromatic rings. The van der Waals surface area contributed by atoms with Gasteiger partial charge in [-0.05, 0) is 19.9 Å². The van der Waals surface area contributed by atoms with Gasteiger partial charge in [0.05, 0.1) is 19.0 Å². The second-order valence-electron chi connectivity index (χ2n) is 4.97. The van der Waals surface area contributed by atoms with E-state index in [-0.39, 0.29) is 6.10 Å². The molecule has 0 bridgehead atoms. The van der Waals surface area contributed by atoms with Crippen LogP contribution in [0.1, 0.15) is 31.9 Å². The van der Waals surface area contributed by atoms with Crippen LogP contribution in [-0.4, -0.2) is 27.1 Å². The van der Waals surface area contributed by atoms with Crippen LogP contribution in [0.15, 0.2) is 24.3 Å². The Morgan fingerprint density at radius 2 is 2.00 bits per heavy atom. The van der Waals surface area contributed by atoms with Gasteiger partial charge in [0, 0.05) is 12.0 Å². The number of hydrogen-bond donors (Lipinski definition) is 0. The lowest BCUT2D eigenvalue weighted by atomic mass is 10.0. The molecule has 0 aromatic heterocycles. The van der Waals surface area contributed by atoms with Gasteiger partial charge in [-0.2, -0.15) is 8.42 Å². The molecule has 2 rings (SSSR count). The van der Waals surface area contributed by atoms with Crippen molar-refractivity contribution in [1.29, 1.82) is 0 Å². The van der Waals surface area contributed by atoms with Crippen LogP contribution < -0.4 is 4.18 Å². The lowest BCUT2D eigenvalue weighted by Gasteiger charge is -2.36. The molecule has 106 valence electrons. The summed E-state index contributed by atoms with van der Waals surface area (Å²) >= 11 is 0. The monoisotopic (exact) mass is 286 g/mol. The second kappa shape index (κ2) is 5.11. The Morgan fingerprint density at radius 3 is 2.63 bits per heavy atom. The third kappa shape index (κ3) is 3.92. The summed E-state index contributed by atoms with van der Waals surface area (Å²) in [6.45, 7) is 4.23. The number of hydrogen-bond acceptors (Lipinski definition) is 5. The van der Waals surface area contributed by atoms with Gasteiger partial charge in [-0.3, -0.25) is 0 Å². The molecule has 1 aliphatic heterocycles. The molecule has 5 nitrogen and oxygen atoms in total. The Morgan fingerprint density at radius 1 is 1.32 bits per heavy atom. The van der Waals surface area contributed by atoms with E-state index in [1.807, 2.05) is 26.0 Å². The average molecular weight is 286 g/mol. The number of para-hydroxylation sites is 1. The average Bonchev–Trinajstić information content (AvgIpc) is 2.26. The molecule has 1 fully saturated rings. The first-order chi connectivity index (χ1) is 8.77. The Kier molecular flexibility index (Phi) is 3.85. The second-order valence-corrected chi connectivity index (χ2v) is 6.54. The van der Waals surface area contributed by atoms with E-state index in [2.05, 4.69) is 0 Å². The first-order valence-electron chi connectivity index (χ1n) is 6.07. The third-order valence-corrected chi connectivity index (χ3v) is 3.25. The van der Waals surface area contributed by atoms with Gasteiger partial charge in [-0.25, -0.2) is 0 Å². The molecular weight excluding hydrogens is 268 g/mol. The highest BCUT2D eigenvalue weighted by Gasteiger charge is 2.32. The fourth-order valence-corrected chi connectivity index (χ4v) is 2.53. The molecule has 1 saturated heterocycles. The van der Waals surface area contributed by atoms with Crippen molar-refractivity contribution in [2.45, 2.75) is 32.2 Å². The topological polar surface area (TPSA) is 61.8 Å². The van der Waals surface area contributed by atoms with Crippen molar-refractivity contribution in [2.24, 2.45) is 0 Å². The summed E-state index contributed by atoms with van der Waals surface area (Å²) in [6.07, 6.45) is 1.45. The third-order valence-electron chi connectivity index (χ3n) is 2.76. The SMILES string of the molecule is CC1(C)OCCC(c2ccccc2OS(C)(=O)=O)O1. The largest absolute Gasteiger partial charge is 0.382 e. The summed E-state index contributed by atoms with van der Waals surface area (Å²) in [7, 11) is -3.55. The van der Waals surface area contributed by atoms with Gasteiger partial charge in [-0.1, -0.05) is 18.2 Å². The van der Waals surface area contributed by atoms with Crippen LogP contribution in [0.4, 0.5) is 0 Å². The first kappa shape index (κ1) is 14.3. The van der Waals surface area contributed by atoms with Gasteiger partial charge in [0.25, 0.3) is 0 Å². The van der Waals surface area contributed by atoms with Crippen molar-refractivity contribution in [3.05, 3.63) is 29.8 Å². The number of rotatable bonds is 3. The normalized spacial score (nSPS) is 23.0. The van der Waals surface area contributed by atoms with Crippen LogP contribution in [-0.2, 0) is 19.6 Å². The van der Waals surface area contributed by atoms with Gasteiger partial charge in [0.15, 0.2) is 5.79 Å². The van der Waals surface area contributed by atoms with Crippen LogP contribution in [0.25, 0.3) is 0 Å². The summed E-state index contributed by atoms with van der Waals surface area (Å²) in [5, 5.41) is 0. The molecule has 0 saturated carbocycles. The molecule has 1 heterocycles. The highest BCUT2D eigenvalue weighted by molar-refractivity contribution is 7.86. The van der Waals surface area contributed by atoms with Crippen LogP contribution in [0.5, 0.6) is 5.75 Å². The van der Waals surface area contributed by atoms with Crippen LogP contribution in [0.2, 0.25) is 0 Å². The molecule has 0 spiro atoms. The van der Waals surface area contributed by atoms with E-state index in [1.165, 1.54) is 0 Å². The predicted octanol–water partition coefficient (Wildman–Crippen LogP) is 2.24. The van der Waals surface area contributed by atoms with E-state index in [0.717, 1.165) is 11.8 Å². The number of benzene rings is 1. The van der Waals surface area contributed by atoms with E-state index in [4.69, 9.17) is 13.7 Å². The van der Waals surface area contributed by atoms with Crippen LogP contribution in [0.3, 0.4) is 0 Å². The summed E-state index contributed by atoms with van der Waals surface area (Å²) in [5.41, 5.74) is 0.726. The fraction of sp³-hybridized carbons (Fsp3) is 0.538. The van der Waals surface area contributed by atoms with Crippen molar-refractivity contribution in [3.8, 4) is 5.75 Å². The van der Waals surface area contributed by atoms with Gasteiger partial charge in [0.1, 0.15) is 5.75 Å². The standard InChI is InChI=1S/C13H18O5S/c1-13(2)16-9-8-11(17-13)10-6-4-5-7-12(10)18-19(3,14)15/h4-7,11H,8-9H2,1-3H3. The maximum absolute atomic E-state index is 11.3. The van der Waals surface area contributed by atoms with E-state index < -0.39 is 15.9 Å². The minimum absolute atomic E-state index is 0.235. The highest BCUT2D eigenvalue weighted by atomic mass is 32.2. The number of ether oxygens (including phenoxy) is 2. The van der Waals surface area contributed by atoms with Crippen molar-refractivity contribution < 1.29 is 22.1 Å². The zero-order valence-corrected chi connectivity index (χ0v) is 12.1. The van der Waals surface area contributed by atoms with Gasteiger partial charge in [0.2, 0.25) is 0 Å². The Bertz CT molecular complexity index is 550. The lowest BCUT2D eigenvalue weighted by molar-refractivity contribution is -0.275. The van der Waals surface area contributed by atoms with Crippen molar-refractivity contribution in [1.82, 2.24) is 0 Å². The lowest BCUT2D eigenvalue weighted by Crippen LogP contribution is -2.36. The van der Waals surface area contributed by atoms with Gasteiger partial charge < -0.3 is 13.7 Å². The molecular formula is C13H18O5S. The predicted molar refractivity (Wildman–Crippen MR) is 70.4 cm³/mol. The van der Waals surface area contributed by atoms with Crippen LogP contribution >= 0.6 is 0 Å². The smallest absolute Gasteiger partial charge is 0.306 e. The van der Waals surface area contributed by atoms with Crippen molar-refractivity contribution in [3.63, 3.8) is 0 Å². The maximum Gasteiger partial charge on any atom is 0.306 e. The molecule has 0 amide bonds. The van der Waals surface area contributed by atoms with E-state index in [9.17, 15) is 8.42 Å². The summed E-state index contributed by atoms with van der Waals surface area (Å²) < 4.78 is 38.9. The van der Waals surface area contributed by atoms with Crippen molar-refractivity contribution >= 4 is 10.1 Å². The Labute approximate surface area is 113 Å². The van der Waals surface area contributed by atoms with Crippen molar-refractivity contribution in [2.75, 3.05) is 12.9 Å². The van der Waals surface area contributed by atoms with Gasteiger partial charge >= 0.3 is 10.1 Å². The minimum Gasteiger partial charge on any atom is -0.382 e. The zero-order chi connectivity index (χ0) is 14.1. The molecule has 1 unspecified atom stereocenters. The quantitative estimate of drug-likeness (QED) is 0.797.